The lowest BCUT2D eigenvalue weighted by Gasteiger charge is -2.18. The molecule has 1 aliphatic rings. The minimum absolute atomic E-state index is 0.200. The normalized spacial score (nSPS) is 31.3. The van der Waals surface area contributed by atoms with Crippen molar-refractivity contribution in [3.63, 3.8) is 0 Å². The zero-order valence-electron chi connectivity index (χ0n) is 8.10. The van der Waals surface area contributed by atoms with Gasteiger partial charge in [0.25, 0.3) is 0 Å². The van der Waals surface area contributed by atoms with Gasteiger partial charge in [-0.1, -0.05) is 13.0 Å². The number of aliphatic hydroxyl groups is 1. The zero-order valence-corrected chi connectivity index (χ0v) is 8.92. The lowest BCUT2D eigenvalue weighted by molar-refractivity contribution is 0.151. The van der Waals surface area contributed by atoms with Gasteiger partial charge in [0.2, 0.25) is 0 Å². The first-order valence-corrected chi connectivity index (χ1v) is 5.79. The molecular weight excluding hydrogens is 180 g/mol. The summed E-state index contributed by atoms with van der Waals surface area (Å²) in [6, 6.07) is 4.22. The van der Waals surface area contributed by atoms with E-state index in [2.05, 4.69) is 24.4 Å². The van der Waals surface area contributed by atoms with Gasteiger partial charge in [-0.2, -0.15) is 0 Å². The molecule has 0 radical (unpaired) electrons. The minimum atomic E-state index is -0.200. The van der Waals surface area contributed by atoms with Crippen LogP contribution in [0.15, 0.2) is 17.5 Å². The summed E-state index contributed by atoms with van der Waals surface area (Å²) in [5.74, 6) is 1.91. The molecule has 1 saturated carbocycles. The fourth-order valence-corrected chi connectivity index (χ4v) is 3.14. The van der Waals surface area contributed by atoms with Crippen LogP contribution in [0.4, 0.5) is 0 Å². The Morgan fingerprint density at radius 1 is 1.62 bits per heavy atom. The summed E-state index contributed by atoms with van der Waals surface area (Å²) in [6.45, 7) is 4.18. The SMILES string of the molecule is CC(O)C(c1cccs1)C1CC1C. The Labute approximate surface area is 83.4 Å². The smallest absolute Gasteiger partial charge is 0.0591 e. The van der Waals surface area contributed by atoms with Gasteiger partial charge in [-0.15, -0.1) is 11.3 Å². The fourth-order valence-electron chi connectivity index (χ4n) is 2.14. The third-order valence-electron chi connectivity index (χ3n) is 3.02. The molecule has 0 aliphatic heterocycles. The monoisotopic (exact) mass is 196 g/mol. The first kappa shape index (κ1) is 9.22. The van der Waals surface area contributed by atoms with Crippen molar-refractivity contribution < 1.29 is 5.11 Å². The van der Waals surface area contributed by atoms with Gasteiger partial charge < -0.3 is 5.11 Å². The predicted octanol–water partition coefficient (Wildman–Crippen LogP) is 2.87. The number of aliphatic hydroxyl groups excluding tert-OH is 1. The Balaban J connectivity index is 2.15. The van der Waals surface area contributed by atoms with Crippen LogP contribution in [-0.4, -0.2) is 11.2 Å². The van der Waals surface area contributed by atoms with E-state index in [1.807, 2.05) is 6.92 Å². The van der Waals surface area contributed by atoms with Gasteiger partial charge in [-0.3, -0.25) is 0 Å². The Morgan fingerprint density at radius 2 is 2.31 bits per heavy atom. The molecule has 1 N–H and O–H groups in total. The minimum Gasteiger partial charge on any atom is -0.393 e. The molecule has 1 heterocycles. The summed E-state index contributed by atoms with van der Waals surface area (Å²) >= 11 is 1.77. The second-order valence-electron chi connectivity index (χ2n) is 4.16. The van der Waals surface area contributed by atoms with E-state index in [-0.39, 0.29) is 6.10 Å². The molecule has 1 aliphatic carbocycles. The molecule has 1 aromatic rings. The maximum absolute atomic E-state index is 9.72. The Hall–Kier alpha value is -0.340. The topological polar surface area (TPSA) is 20.2 Å². The fraction of sp³-hybridized carbons (Fsp3) is 0.636. The van der Waals surface area contributed by atoms with Crippen molar-refractivity contribution in [1.82, 2.24) is 0 Å². The number of hydrogen-bond donors (Lipinski definition) is 1. The molecule has 0 bridgehead atoms. The first-order chi connectivity index (χ1) is 6.20. The highest BCUT2D eigenvalue weighted by Crippen LogP contribution is 2.50. The summed E-state index contributed by atoms with van der Waals surface area (Å²) in [7, 11) is 0. The molecule has 1 fully saturated rings. The molecule has 1 aromatic heterocycles. The summed E-state index contributed by atoms with van der Waals surface area (Å²) in [5, 5.41) is 11.8. The van der Waals surface area contributed by atoms with Crippen LogP contribution in [0.3, 0.4) is 0 Å². The second-order valence-corrected chi connectivity index (χ2v) is 5.14. The molecule has 0 aromatic carbocycles. The van der Waals surface area contributed by atoms with E-state index in [0.717, 1.165) is 11.8 Å². The van der Waals surface area contributed by atoms with Crippen LogP contribution in [0.5, 0.6) is 0 Å². The van der Waals surface area contributed by atoms with Gasteiger partial charge in [0.15, 0.2) is 0 Å². The van der Waals surface area contributed by atoms with Gasteiger partial charge in [-0.25, -0.2) is 0 Å². The maximum Gasteiger partial charge on any atom is 0.0591 e. The summed E-state index contributed by atoms with van der Waals surface area (Å²) < 4.78 is 0. The van der Waals surface area contributed by atoms with Crippen molar-refractivity contribution >= 4 is 11.3 Å². The van der Waals surface area contributed by atoms with Crippen LogP contribution in [0.25, 0.3) is 0 Å². The van der Waals surface area contributed by atoms with Gasteiger partial charge >= 0.3 is 0 Å². The Bertz CT molecular complexity index is 266. The van der Waals surface area contributed by atoms with Crippen molar-refractivity contribution in [1.29, 1.82) is 0 Å². The second kappa shape index (κ2) is 3.43. The van der Waals surface area contributed by atoms with Gasteiger partial charge in [-0.05, 0) is 36.6 Å². The molecule has 72 valence electrons. The Morgan fingerprint density at radius 3 is 2.69 bits per heavy atom. The van der Waals surface area contributed by atoms with Crippen molar-refractivity contribution in [2.45, 2.75) is 32.3 Å². The Kier molecular flexibility index (Phi) is 2.43. The summed E-state index contributed by atoms with van der Waals surface area (Å²) in [6.07, 6.45) is 1.08. The highest BCUT2D eigenvalue weighted by atomic mass is 32.1. The van der Waals surface area contributed by atoms with Crippen LogP contribution in [0.1, 0.15) is 31.1 Å². The molecule has 0 spiro atoms. The number of hydrogen-bond acceptors (Lipinski definition) is 2. The first-order valence-electron chi connectivity index (χ1n) is 4.91. The molecule has 2 rings (SSSR count). The molecule has 4 atom stereocenters. The van der Waals surface area contributed by atoms with Crippen LogP contribution in [-0.2, 0) is 0 Å². The average Bonchev–Trinajstić information content (AvgIpc) is 2.61. The van der Waals surface area contributed by atoms with Gasteiger partial charge in [0.05, 0.1) is 6.10 Å². The van der Waals surface area contributed by atoms with Crippen LogP contribution in [0.2, 0.25) is 0 Å². The van der Waals surface area contributed by atoms with Crippen LogP contribution in [0, 0.1) is 11.8 Å². The lowest BCUT2D eigenvalue weighted by atomic mass is 9.95. The maximum atomic E-state index is 9.72. The third-order valence-corrected chi connectivity index (χ3v) is 4.00. The number of rotatable bonds is 3. The van der Waals surface area contributed by atoms with E-state index in [0.29, 0.717) is 5.92 Å². The van der Waals surface area contributed by atoms with Crippen molar-refractivity contribution in [2.75, 3.05) is 0 Å². The quantitative estimate of drug-likeness (QED) is 0.788. The van der Waals surface area contributed by atoms with E-state index < -0.39 is 0 Å². The highest BCUT2D eigenvalue weighted by molar-refractivity contribution is 7.10. The number of thiophene rings is 1. The van der Waals surface area contributed by atoms with Crippen LogP contribution < -0.4 is 0 Å². The third kappa shape index (κ3) is 1.79. The molecule has 0 saturated heterocycles. The molecule has 2 heteroatoms. The standard InChI is InChI=1S/C11H16OS/c1-7-6-9(7)11(8(2)12)10-4-3-5-13-10/h3-5,7-9,11-12H,6H2,1-2H3. The molecule has 4 unspecified atom stereocenters. The van der Waals surface area contributed by atoms with E-state index in [9.17, 15) is 5.11 Å². The van der Waals surface area contributed by atoms with Crippen molar-refractivity contribution in [3.05, 3.63) is 22.4 Å². The largest absolute Gasteiger partial charge is 0.393 e. The molecular formula is C11H16OS. The van der Waals surface area contributed by atoms with E-state index in [4.69, 9.17) is 0 Å². The van der Waals surface area contributed by atoms with E-state index in [1.165, 1.54) is 11.3 Å². The molecule has 0 amide bonds. The molecule has 1 nitrogen and oxygen atoms in total. The van der Waals surface area contributed by atoms with Crippen molar-refractivity contribution in [2.24, 2.45) is 11.8 Å². The lowest BCUT2D eigenvalue weighted by Crippen LogP contribution is -2.16. The van der Waals surface area contributed by atoms with E-state index in [1.54, 1.807) is 11.3 Å². The van der Waals surface area contributed by atoms with Crippen LogP contribution >= 0.6 is 11.3 Å². The molecule has 13 heavy (non-hydrogen) atoms. The van der Waals surface area contributed by atoms with Crippen molar-refractivity contribution in [3.8, 4) is 0 Å². The predicted molar refractivity (Wildman–Crippen MR) is 56.0 cm³/mol. The van der Waals surface area contributed by atoms with Gasteiger partial charge in [0.1, 0.15) is 0 Å². The highest BCUT2D eigenvalue weighted by Gasteiger charge is 2.42. The zero-order chi connectivity index (χ0) is 9.42. The summed E-state index contributed by atoms with van der Waals surface area (Å²) in [4.78, 5) is 1.35. The summed E-state index contributed by atoms with van der Waals surface area (Å²) in [5.41, 5.74) is 0. The van der Waals surface area contributed by atoms with Gasteiger partial charge in [0, 0.05) is 10.8 Å². The van der Waals surface area contributed by atoms with E-state index >= 15 is 0 Å². The average molecular weight is 196 g/mol.